The Morgan fingerprint density at radius 2 is 0.895 bits per heavy atom. The fourth-order valence-electron chi connectivity index (χ4n) is 2.03. The molecule has 7 heterocycles. The third kappa shape index (κ3) is 1.72. The van der Waals surface area contributed by atoms with Crippen LogP contribution in [0.3, 0.4) is 0 Å². The number of hydrogen-bond donors (Lipinski definition) is 1. The molecule has 0 aliphatic heterocycles. The number of aromatic amines is 1. The van der Waals surface area contributed by atoms with Gasteiger partial charge in [-0.15, -0.1) is 20.4 Å². The molecule has 0 unspecified atom stereocenters. The average Bonchev–Trinajstić information content (AvgIpc) is 2.54. The van der Waals surface area contributed by atoms with Crippen molar-refractivity contribution in [3.63, 3.8) is 0 Å². The van der Waals surface area contributed by atoms with E-state index in [4.69, 9.17) is 0 Å². The minimum Gasteiger partial charge on any atom is -0.356 e. The summed E-state index contributed by atoms with van der Waals surface area (Å²) in [6.45, 7) is 0. The van der Waals surface area contributed by atoms with E-state index in [0.717, 1.165) is 21.8 Å². The molecule has 0 aliphatic rings. The third-order valence-corrected chi connectivity index (χ3v) is 3.05. The van der Waals surface area contributed by atoms with Crippen LogP contribution in [0.15, 0.2) is 48.5 Å². The number of rotatable bonds is 0. The second kappa shape index (κ2) is 3.84. The molecule has 5 heteroatoms. The first kappa shape index (κ1) is 10.1. The van der Waals surface area contributed by atoms with Crippen LogP contribution < -0.4 is 0 Å². The average molecular weight is 247 g/mol. The number of H-pyrrole nitrogens is 1. The Morgan fingerprint density at radius 1 is 0.526 bits per heavy atom. The number of benzene rings is 2. The molecule has 0 radical (unpaired) electrons. The van der Waals surface area contributed by atoms with Gasteiger partial charge in [-0.05, 0) is 48.5 Å². The first-order valence-corrected chi connectivity index (χ1v) is 5.94. The van der Waals surface area contributed by atoms with Crippen molar-refractivity contribution in [3.05, 3.63) is 48.5 Å². The fourth-order valence-corrected chi connectivity index (χ4v) is 2.03. The van der Waals surface area contributed by atoms with E-state index < -0.39 is 0 Å². The van der Waals surface area contributed by atoms with Crippen molar-refractivity contribution >= 4 is 33.1 Å². The zero-order valence-electron chi connectivity index (χ0n) is 9.91. The summed E-state index contributed by atoms with van der Waals surface area (Å²) in [5.74, 6) is 0. The molecule has 0 spiro atoms. The number of nitrogens with zero attached hydrogens (tertiary/aromatic N) is 4. The molecular formula is C14H9N5. The van der Waals surface area contributed by atoms with Crippen molar-refractivity contribution in [2.45, 2.75) is 0 Å². The van der Waals surface area contributed by atoms with Crippen molar-refractivity contribution in [3.8, 4) is 0 Å². The van der Waals surface area contributed by atoms with Crippen molar-refractivity contribution in [2.75, 3.05) is 0 Å². The summed E-state index contributed by atoms with van der Waals surface area (Å²) >= 11 is 0. The first-order valence-electron chi connectivity index (χ1n) is 5.94. The van der Waals surface area contributed by atoms with Gasteiger partial charge in [-0.25, -0.2) is 0 Å². The van der Waals surface area contributed by atoms with E-state index in [-0.39, 0.29) is 0 Å². The Morgan fingerprint density at radius 3 is 1.26 bits per heavy atom. The largest absolute Gasteiger partial charge is 0.356 e. The molecule has 0 aliphatic carbocycles. The highest BCUT2D eigenvalue weighted by Gasteiger charge is 1.97. The summed E-state index contributed by atoms with van der Waals surface area (Å²) in [4.78, 5) is 3.34. The van der Waals surface area contributed by atoms with Crippen LogP contribution in [0.5, 0.6) is 0 Å². The summed E-state index contributed by atoms with van der Waals surface area (Å²) in [7, 11) is 0. The Bertz CT molecular complexity index is 791. The molecular weight excluding hydrogens is 238 g/mol. The lowest BCUT2D eigenvalue weighted by Crippen LogP contribution is -1.91. The van der Waals surface area contributed by atoms with Crippen LogP contribution in [0.2, 0.25) is 0 Å². The minimum absolute atomic E-state index is 0.533. The standard InChI is InChI=1S/C14H9N5/c1-5-11-6-2-9(1)13-16-18-14(19-17-13)10-3-7-12(15-11)8-4-10/h1-8,15H. The Balaban J connectivity index is 2.29. The topological polar surface area (TPSA) is 67.3 Å². The van der Waals surface area contributed by atoms with E-state index >= 15 is 0 Å². The van der Waals surface area contributed by atoms with Gasteiger partial charge in [-0.1, -0.05) is 0 Å². The molecule has 9 aromatic rings. The molecule has 5 nitrogen and oxygen atoms in total. The van der Waals surface area contributed by atoms with Gasteiger partial charge < -0.3 is 4.98 Å². The van der Waals surface area contributed by atoms with E-state index in [1.165, 1.54) is 0 Å². The van der Waals surface area contributed by atoms with Crippen LogP contribution in [-0.4, -0.2) is 25.4 Å². The van der Waals surface area contributed by atoms with Crippen molar-refractivity contribution in [2.24, 2.45) is 0 Å². The molecule has 7 aromatic heterocycles. The lowest BCUT2D eigenvalue weighted by Gasteiger charge is -1.92. The lowest BCUT2D eigenvalue weighted by molar-refractivity contribution is 0.962. The predicted molar refractivity (Wildman–Crippen MR) is 73.3 cm³/mol. The summed E-state index contributed by atoms with van der Waals surface area (Å²) in [5, 5.41) is 18.3. The van der Waals surface area contributed by atoms with E-state index in [9.17, 15) is 0 Å². The highest BCUT2D eigenvalue weighted by Crippen LogP contribution is 2.12. The Kier molecular flexibility index (Phi) is 2.05. The Labute approximate surface area is 108 Å². The van der Waals surface area contributed by atoms with E-state index in [2.05, 4.69) is 25.4 Å². The second-order valence-corrected chi connectivity index (χ2v) is 4.33. The molecule has 0 saturated carbocycles. The van der Waals surface area contributed by atoms with Gasteiger partial charge in [0.05, 0.1) is 0 Å². The second-order valence-electron chi connectivity index (χ2n) is 4.33. The molecule has 0 saturated heterocycles. The van der Waals surface area contributed by atoms with Gasteiger partial charge in [0.1, 0.15) is 0 Å². The van der Waals surface area contributed by atoms with E-state index in [1.807, 2.05) is 48.5 Å². The molecule has 9 rings (SSSR count). The summed E-state index contributed by atoms with van der Waals surface area (Å²) in [6, 6.07) is 15.7. The van der Waals surface area contributed by atoms with E-state index in [0.29, 0.717) is 11.3 Å². The van der Waals surface area contributed by atoms with Crippen LogP contribution in [0.1, 0.15) is 0 Å². The lowest BCUT2D eigenvalue weighted by atomic mass is 10.2. The maximum atomic E-state index is 4.13. The molecule has 2 aromatic carbocycles. The van der Waals surface area contributed by atoms with Crippen molar-refractivity contribution in [1.82, 2.24) is 25.4 Å². The fraction of sp³-hybridized carbons (Fsp3) is 0. The minimum atomic E-state index is 0.533. The first-order chi connectivity index (χ1) is 9.38. The zero-order chi connectivity index (χ0) is 12.7. The van der Waals surface area contributed by atoms with Crippen LogP contribution in [0.25, 0.3) is 33.1 Å². The van der Waals surface area contributed by atoms with Crippen LogP contribution >= 0.6 is 0 Å². The van der Waals surface area contributed by atoms with Gasteiger partial charge >= 0.3 is 0 Å². The van der Waals surface area contributed by atoms with Gasteiger partial charge in [-0.3, -0.25) is 0 Å². The molecule has 0 amide bonds. The summed E-state index contributed by atoms with van der Waals surface area (Å²) < 4.78 is 0. The zero-order valence-corrected chi connectivity index (χ0v) is 9.91. The summed E-state index contributed by atoms with van der Waals surface area (Å²) in [5.41, 5.74) is 3.11. The maximum absolute atomic E-state index is 4.13. The van der Waals surface area contributed by atoms with Crippen LogP contribution in [0, 0.1) is 0 Å². The molecule has 6 bridgehead atoms. The van der Waals surface area contributed by atoms with Gasteiger partial charge in [0, 0.05) is 21.8 Å². The normalized spacial score (nSPS) is 11.2. The molecule has 90 valence electrons. The van der Waals surface area contributed by atoms with Crippen molar-refractivity contribution in [1.29, 1.82) is 0 Å². The summed E-state index contributed by atoms with van der Waals surface area (Å²) in [6.07, 6.45) is 0. The quantitative estimate of drug-likeness (QED) is 0.518. The maximum Gasteiger partial charge on any atom is 0.203 e. The Hall–Kier alpha value is -2.82. The molecule has 0 fully saturated rings. The number of aromatic nitrogens is 5. The van der Waals surface area contributed by atoms with Gasteiger partial charge in [-0.2, -0.15) is 0 Å². The van der Waals surface area contributed by atoms with Crippen LogP contribution in [-0.2, 0) is 0 Å². The number of hydrogen-bond acceptors (Lipinski definition) is 4. The van der Waals surface area contributed by atoms with Gasteiger partial charge in [0.15, 0.2) is 0 Å². The predicted octanol–water partition coefficient (Wildman–Crippen LogP) is 2.62. The van der Waals surface area contributed by atoms with Gasteiger partial charge in [0.25, 0.3) is 0 Å². The van der Waals surface area contributed by atoms with Crippen molar-refractivity contribution < 1.29 is 0 Å². The smallest absolute Gasteiger partial charge is 0.203 e. The monoisotopic (exact) mass is 247 g/mol. The third-order valence-electron chi connectivity index (χ3n) is 3.05. The SMILES string of the molecule is c1cc2ccc1[nH]c1ccc(cc1)c1nnc2nn1. The van der Waals surface area contributed by atoms with Crippen LogP contribution in [0.4, 0.5) is 0 Å². The molecule has 1 N–H and O–H groups in total. The number of nitrogens with one attached hydrogen (secondary N) is 1. The van der Waals surface area contributed by atoms with E-state index in [1.54, 1.807) is 0 Å². The van der Waals surface area contributed by atoms with Gasteiger partial charge in [0.2, 0.25) is 11.3 Å². The highest BCUT2D eigenvalue weighted by molar-refractivity contribution is 5.79. The molecule has 19 heavy (non-hydrogen) atoms. The highest BCUT2D eigenvalue weighted by atomic mass is 15.3. The molecule has 0 atom stereocenters.